The summed E-state index contributed by atoms with van der Waals surface area (Å²) in [7, 11) is 1.60. The Hall–Kier alpha value is -3.80. The van der Waals surface area contributed by atoms with Crippen LogP contribution < -0.4 is 9.47 Å². The average Bonchev–Trinajstić information content (AvgIpc) is 2.98. The Morgan fingerprint density at radius 3 is 2.48 bits per heavy atom. The molecular formula is C34H43NO5. The molecule has 0 saturated carbocycles. The van der Waals surface area contributed by atoms with E-state index in [1.165, 1.54) is 0 Å². The maximum absolute atomic E-state index is 14.6. The number of esters is 1. The molecule has 0 aromatic heterocycles. The Kier molecular flexibility index (Phi) is 11.2. The molecule has 2 aromatic carbocycles. The molecule has 0 saturated heterocycles. The fourth-order valence-electron chi connectivity index (χ4n) is 5.62. The van der Waals surface area contributed by atoms with Gasteiger partial charge in [-0.3, -0.25) is 4.79 Å². The molecule has 0 spiro atoms. The number of carbonyl (C=O) groups is 2. The van der Waals surface area contributed by atoms with Crippen molar-refractivity contribution in [1.82, 2.24) is 4.90 Å². The first-order chi connectivity index (χ1) is 19.4. The third-order valence-electron chi connectivity index (χ3n) is 7.59. The summed E-state index contributed by atoms with van der Waals surface area (Å²) in [6, 6.07) is 12.9. The van der Waals surface area contributed by atoms with Gasteiger partial charge in [-0.05, 0) is 49.5 Å². The predicted octanol–water partition coefficient (Wildman–Crippen LogP) is 6.98. The van der Waals surface area contributed by atoms with Crippen LogP contribution in [0.3, 0.4) is 0 Å². The Balaban J connectivity index is 2.11. The molecule has 0 fully saturated rings. The number of methoxy groups -OCH3 is 1. The van der Waals surface area contributed by atoms with Gasteiger partial charge < -0.3 is 19.1 Å². The summed E-state index contributed by atoms with van der Waals surface area (Å²) >= 11 is 0. The standard InChI is InChI=1S/C34H43NO5/c1-7-15-27(16-8-2)34(10-4,21-9-3)33(37)35-23-26-19-20-30(38-6)31(40-24-25-17-13-12-14-18-25)28(26)22-29(35)32(36)39-11-5/h7-8,12-20,29H,1,9-11,21-24H2,2-6H3/b16-8-,27-15+. The molecule has 6 nitrogen and oxygen atoms in total. The Bertz CT molecular complexity index is 1230. The van der Waals surface area contributed by atoms with E-state index in [0.717, 1.165) is 28.7 Å². The number of rotatable bonds is 13. The largest absolute Gasteiger partial charge is 0.493 e. The van der Waals surface area contributed by atoms with Gasteiger partial charge >= 0.3 is 5.97 Å². The molecule has 0 N–H and O–H groups in total. The molecule has 1 aliphatic rings. The summed E-state index contributed by atoms with van der Waals surface area (Å²) in [5.41, 5.74) is 2.92. The number of hydrogen-bond donors (Lipinski definition) is 0. The molecule has 0 bridgehead atoms. The monoisotopic (exact) mass is 545 g/mol. The van der Waals surface area contributed by atoms with Crippen LogP contribution in [0.2, 0.25) is 0 Å². The first kappa shape index (κ1) is 30.7. The number of amides is 1. The molecule has 3 rings (SSSR count). The fraction of sp³-hybridized carbons (Fsp3) is 0.412. The van der Waals surface area contributed by atoms with Gasteiger partial charge in [0.2, 0.25) is 5.91 Å². The third-order valence-corrected chi connectivity index (χ3v) is 7.59. The number of allylic oxidation sites excluding steroid dienone is 4. The highest BCUT2D eigenvalue weighted by molar-refractivity contribution is 5.91. The minimum Gasteiger partial charge on any atom is -0.493 e. The fourth-order valence-corrected chi connectivity index (χ4v) is 5.62. The zero-order valence-electron chi connectivity index (χ0n) is 24.6. The molecule has 40 heavy (non-hydrogen) atoms. The highest BCUT2D eigenvalue weighted by atomic mass is 16.5. The second-order valence-electron chi connectivity index (χ2n) is 9.96. The van der Waals surface area contributed by atoms with Crippen LogP contribution in [0.5, 0.6) is 11.5 Å². The summed E-state index contributed by atoms with van der Waals surface area (Å²) in [6.07, 6.45) is 9.90. The van der Waals surface area contributed by atoms with Crippen LogP contribution in [0.15, 0.2) is 78.9 Å². The van der Waals surface area contributed by atoms with Crippen LogP contribution in [-0.4, -0.2) is 36.5 Å². The number of carbonyl (C=O) groups excluding carboxylic acids is 2. The summed E-state index contributed by atoms with van der Waals surface area (Å²) in [5.74, 6) is 0.700. The normalized spacial score (nSPS) is 16.7. The van der Waals surface area contributed by atoms with Crippen LogP contribution in [0, 0.1) is 5.41 Å². The quantitative estimate of drug-likeness (QED) is 0.201. The van der Waals surface area contributed by atoms with Crippen LogP contribution >= 0.6 is 0 Å². The summed E-state index contributed by atoms with van der Waals surface area (Å²) < 4.78 is 17.5. The topological polar surface area (TPSA) is 65.1 Å². The van der Waals surface area contributed by atoms with E-state index < -0.39 is 17.4 Å². The molecule has 0 aliphatic carbocycles. The Morgan fingerprint density at radius 1 is 1.12 bits per heavy atom. The number of benzene rings is 2. The van der Waals surface area contributed by atoms with E-state index in [-0.39, 0.29) is 25.5 Å². The van der Waals surface area contributed by atoms with Gasteiger partial charge in [0.25, 0.3) is 0 Å². The van der Waals surface area contributed by atoms with E-state index in [0.29, 0.717) is 30.9 Å². The number of hydrogen-bond acceptors (Lipinski definition) is 5. The smallest absolute Gasteiger partial charge is 0.329 e. The van der Waals surface area contributed by atoms with Crippen molar-refractivity contribution < 1.29 is 23.8 Å². The predicted molar refractivity (Wildman–Crippen MR) is 159 cm³/mol. The zero-order chi connectivity index (χ0) is 29.1. The third kappa shape index (κ3) is 6.49. The minimum atomic E-state index is -0.795. The van der Waals surface area contributed by atoms with Gasteiger partial charge in [0.05, 0.1) is 19.1 Å². The van der Waals surface area contributed by atoms with Crippen LogP contribution in [0.1, 0.15) is 63.6 Å². The molecule has 2 unspecified atom stereocenters. The Labute approximate surface area is 239 Å². The lowest BCUT2D eigenvalue weighted by atomic mass is 9.71. The van der Waals surface area contributed by atoms with Crippen LogP contribution in [-0.2, 0) is 33.9 Å². The highest BCUT2D eigenvalue weighted by Crippen LogP contribution is 2.44. The maximum Gasteiger partial charge on any atom is 0.329 e. The van der Waals surface area contributed by atoms with Gasteiger partial charge in [-0.15, -0.1) is 0 Å². The molecule has 2 aromatic rings. The van der Waals surface area contributed by atoms with E-state index in [2.05, 4.69) is 13.5 Å². The van der Waals surface area contributed by atoms with E-state index in [1.807, 2.05) is 74.5 Å². The lowest BCUT2D eigenvalue weighted by Crippen LogP contribution is -2.54. The molecule has 1 heterocycles. The van der Waals surface area contributed by atoms with Crippen molar-refractivity contribution >= 4 is 11.9 Å². The van der Waals surface area contributed by atoms with E-state index in [1.54, 1.807) is 25.0 Å². The van der Waals surface area contributed by atoms with E-state index in [4.69, 9.17) is 14.2 Å². The van der Waals surface area contributed by atoms with Gasteiger partial charge in [-0.2, -0.15) is 0 Å². The molecule has 1 aliphatic heterocycles. The molecular weight excluding hydrogens is 502 g/mol. The van der Waals surface area contributed by atoms with Crippen molar-refractivity contribution in [3.63, 3.8) is 0 Å². The molecule has 214 valence electrons. The van der Waals surface area contributed by atoms with E-state index in [9.17, 15) is 9.59 Å². The lowest BCUT2D eigenvalue weighted by molar-refractivity contribution is -0.159. The lowest BCUT2D eigenvalue weighted by Gasteiger charge is -2.43. The number of nitrogens with zero attached hydrogens (tertiary/aromatic N) is 1. The first-order valence-corrected chi connectivity index (χ1v) is 14.2. The first-order valence-electron chi connectivity index (χ1n) is 14.2. The van der Waals surface area contributed by atoms with Gasteiger partial charge in [-0.25, -0.2) is 4.79 Å². The molecule has 1 amide bonds. The molecule has 6 heteroatoms. The van der Waals surface area contributed by atoms with Crippen molar-refractivity contribution in [3.8, 4) is 11.5 Å². The summed E-state index contributed by atoms with van der Waals surface area (Å²) in [4.78, 5) is 29.8. The Morgan fingerprint density at radius 2 is 1.88 bits per heavy atom. The second-order valence-corrected chi connectivity index (χ2v) is 9.96. The summed E-state index contributed by atoms with van der Waals surface area (Å²) in [5, 5.41) is 0. The van der Waals surface area contributed by atoms with Crippen molar-refractivity contribution in [2.45, 2.75) is 72.6 Å². The van der Waals surface area contributed by atoms with Crippen molar-refractivity contribution in [3.05, 3.63) is 95.6 Å². The van der Waals surface area contributed by atoms with Crippen molar-refractivity contribution in [1.29, 1.82) is 0 Å². The maximum atomic E-state index is 14.6. The molecule has 2 atom stereocenters. The van der Waals surface area contributed by atoms with Gasteiger partial charge in [-0.1, -0.05) is 87.5 Å². The minimum absolute atomic E-state index is 0.0747. The molecule has 0 radical (unpaired) electrons. The zero-order valence-corrected chi connectivity index (χ0v) is 24.6. The average molecular weight is 546 g/mol. The van der Waals surface area contributed by atoms with Crippen LogP contribution in [0.25, 0.3) is 0 Å². The van der Waals surface area contributed by atoms with Gasteiger partial charge in [0.15, 0.2) is 11.5 Å². The number of fused-ring (bicyclic) bond motifs is 1. The number of ether oxygens (including phenoxy) is 3. The van der Waals surface area contributed by atoms with Gasteiger partial charge in [0.1, 0.15) is 12.6 Å². The van der Waals surface area contributed by atoms with E-state index >= 15 is 0 Å². The van der Waals surface area contributed by atoms with Crippen LogP contribution in [0.4, 0.5) is 0 Å². The SMILES string of the molecule is C=C/C=C(\C=C/C)C(CC)(CCC)C(=O)N1Cc2ccc(OC)c(OCc3ccccc3)c2CC1C(=O)OCC. The van der Waals surface area contributed by atoms with Crippen molar-refractivity contribution in [2.75, 3.05) is 13.7 Å². The van der Waals surface area contributed by atoms with Gasteiger partial charge in [0, 0.05) is 18.5 Å². The second kappa shape index (κ2) is 14.5. The summed E-state index contributed by atoms with van der Waals surface area (Å²) in [6.45, 7) is 12.6. The highest BCUT2D eigenvalue weighted by Gasteiger charge is 2.47. The van der Waals surface area contributed by atoms with Crippen molar-refractivity contribution in [2.24, 2.45) is 5.41 Å².